The molecule has 0 aliphatic carbocycles. The monoisotopic (exact) mass is 471 g/mol. The Morgan fingerprint density at radius 3 is 2.68 bits per heavy atom. The molecule has 172 valence electrons. The molecule has 2 heterocycles. The van der Waals surface area contributed by atoms with Gasteiger partial charge < -0.3 is 9.84 Å². The van der Waals surface area contributed by atoms with E-state index in [1.165, 1.54) is 11.1 Å². The summed E-state index contributed by atoms with van der Waals surface area (Å²) in [7, 11) is 2.16. The van der Waals surface area contributed by atoms with Crippen LogP contribution in [0.5, 0.6) is 0 Å². The van der Waals surface area contributed by atoms with Gasteiger partial charge in [0.15, 0.2) is 0 Å². The third-order valence-corrected chi connectivity index (χ3v) is 6.91. The number of hydrogen-bond donors (Lipinski definition) is 1. The lowest BCUT2D eigenvalue weighted by Gasteiger charge is -2.35. The van der Waals surface area contributed by atoms with Crippen LogP contribution in [0.25, 0.3) is 11.3 Å². The van der Waals surface area contributed by atoms with Gasteiger partial charge in [0.25, 0.3) is 5.91 Å². The first-order chi connectivity index (χ1) is 16.5. The lowest BCUT2D eigenvalue weighted by atomic mass is 9.88. The van der Waals surface area contributed by atoms with Crippen LogP contribution in [0.3, 0.4) is 0 Å². The maximum atomic E-state index is 13.4. The van der Waals surface area contributed by atoms with Crippen LogP contribution in [0, 0.1) is 6.92 Å². The molecule has 3 aromatic carbocycles. The minimum absolute atomic E-state index is 0.249. The van der Waals surface area contributed by atoms with Gasteiger partial charge in [0.05, 0.1) is 5.02 Å². The number of amides is 1. The van der Waals surface area contributed by atoms with Crippen LogP contribution < -0.4 is 5.32 Å². The van der Waals surface area contributed by atoms with Crippen molar-refractivity contribution in [3.8, 4) is 11.3 Å². The number of aromatic nitrogens is 1. The van der Waals surface area contributed by atoms with Gasteiger partial charge in [-0.25, -0.2) is 0 Å². The molecule has 1 aromatic heterocycles. The van der Waals surface area contributed by atoms with Crippen molar-refractivity contribution in [2.45, 2.75) is 25.8 Å². The third kappa shape index (κ3) is 4.25. The van der Waals surface area contributed by atoms with E-state index >= 15 is 0 Å². The standard InChI is InChI=1S/C28H26ClN3O2/c1-18-26(27(31-34-18)22-12-6-7-13-23(22)29)28(33)30-24-14-8-4-10-20(24)17-25-21-11-5-3-9-19(21)15-16-32(25)2/h3-14,25H,15-17H2,1-2H3,(H,30,33)/t25-/m1/s1. The number of aryl methyl sites for hydroxylation is 1. The van der Waals surface area contributed by atoms with Crippen LogP contribution in [0.2, 0.25) is 5.02 Å². The molecule has 1 aliphatic heterocycles. The second kappa shape index (κ2) is 9.45. The van der Waals surface area contributed by atoms with Crippen molar-refractivity contribution in [2.75, 3.05) is 18.9 Å². The summed E-state index contributed by atoms with van der Waals surface area (Å²) in [6.45, 7) is 2.75. The second-order valence-corrected chi connectivity index (χ2v) is 9.11. The first-order valence-corrected chi connectivity index (χ1v) is 11.8. The molecule has 0 spiro atoms. The molecule has 34 heavy (non-hydrogen) atoms. The van der Waals surface area contributed by atoms with E-state index in [1.54, 1.807) is 13.0 Å². The number of halogens is 1. The van der Waals surface area contributed by atoms with Crippen molar-refractivity contribution in [2.24, 2.45) is 0 Å². The lowest BCUT2D eigenvalue weighted by Crippen LogP contribution is -2.33. The Labute approximate surface area is 204 Å². The van der Waals surface area contributed by atoms with Crippen LogP contribution in [0.1, 0.15) is 38.9 Å². The molecular formula is C28H26ClN3O2. The fourth-order valence-electron chi connectivity index (χ4n) is 4.73. The summed E-state index contributed by atoms with van der Waals surface area (Å²) >= 11 is 6.38. The number of carbonyl (C=O) groups excluding carboxylic acids is 1. The maximum Gasteiger partial charge on any atom is 0.261 e. The number of nitrogens with one attached hydrogen (secondary N) is 1. The maximum absolute atomic E-state index is 13.4. The van der Waals surface area contributed by atoms with Crippen molar-refractivity contribution in [1.82, 2.24) is 10.1 Å². The van der Waals surface area contributed by atoms with Gasteiger partial charge >= 0.3 is 0 Å². The summed E-state index contributed by atoms with van der Waals surface area (Å²) in [4.78, 5) is 15.8. The number of benzene rings is 3. The van der Waals surface area contributed by atoms with Crippen LogP contribution in [-0.4, -0.2) is 29.6 Å². The van der Waals surface area contributed by atoms with Crippen molar-refractivity contribution < 1.29 is 9.32 Å². The number of para-hydroxylation sites is 1. The van der Waals surface area contributed by atoms with Crippen molar-refractivity contribution in [3.05, 3.63) is 106 Å². The number of rotatable bonds is 5. The lowest BCUT2D eigenvalue weighted by molar-refractivity contribution is 0.102. The molecule has 5 nitrogen and oxygen atoms in total. The molecule has 4 aromatic rings. The summed E-state index contributed by atoms with van der Waals surface area (Å²) < 4.78 is 5.39. The summed E-state index contributed by atoms with van der Waals surface area (Å²) in [6.07, 6.45) is 1.85. The zero-order valence-corrected chi connectivity index (χ0v) is 20.0. The fourth-order valence-corrected chi connectivity index (χ4v) is 4.96. The molecule has 1 aliphatic rings. The number of hydrogen-bond acceptors (Lipinski definition) is 4. The van der Waals surface area contributed by atoms with Crippen molar-refractivity contribution in [3.63, 3.8) is 0 Å². The molecule has 0 unspecified atom stereocenters. The summed E-state index contributed by atoms with van der Waals surface area (Å²) in [6, 6.07) is 24.2. The zero-order valence-electron chi connectivity index (χ0n) is 19.2. The highest BCUT2D eigenvalue weighted by Gasteiger charge is 2.27. The first kappa shape index (κ1) is 22.4. The smallest absolute Gasteiger partial charge is 0.261 e. The van der Waals surface area contributed by atoms with E-state index in [9.17, 15) is 4.79 Å². The zero-order chi connectivity index (χ0) is 23.7. The quantitative estimate of drug-likeness (QED) is 0.369. The molecular weight excluding hydrogens is 446 g/mol. The highest BCUT2D eigenvalue weighted by atomic mass is 35.5. The van der Waals surface area contributed by atoms with Gasteiger partial charge in [-0.05, 0) is 55.6 Å². The molecule has 0 radical (unpaired) electrons. The summed E-state index contributed by atoms with van der Waals surface area (Å²) in [5, 5.41) is 7.76. The topological polar surface area (TPSA) is 58.4 Å². The van der Waals surface area contributed by atoms with E-state index in [4.69, 9.17) is 16.1 Å². The predicted octanol–water partition coefficient (Wildman–Crippen LogP) is 6.33. The molecule has 0 bridgehead atoms. The Bertz CT molecular complexity index is 1350. The van der Waals surface area contributed by atoms with Crippen molar-refractivity contribution in [1.29, 1.82) is 0 Å². The Balaban J connectivity index is 1.45. The normalized spacial score (nSPS) is 15.7. The number of nitrogens with zero attached hydrogens (tertiary/aromatic N) is 2. The van der Waals surface area contributed by atoms with Gasteiger partial charge in [0.1, 0.15) is 17.0 Å². The minimum Gasteiger partial charge on any atom is -0.360 e. The van der Waals surface area contributed by atoms with E-state index < -0.39 is 0 Å². The van der Waals surface area contributed by atoms with Gasteiger partial charge in [-0.2, -0.15) is 0 Å². The largest absolute Gasteiger partial charge is 0.360 e. The SMILES string of the molecule is Cc1onc(-c2ccccc2Cl)c1C(=O)Nc1ccccc1C[C@@H]1c2ccccc2CCN1C. The van der Waals surface area contributed by atoms with Gasteiger partial charge in [-0.15, -0.1) is 0 Å². The summed E-state index contributed by atoms with van der Waals surface area (Å²) in [5.41, 5.74) is 6.12. The van der Waals surface area contributed by atoms with E-state index in [0.29, 0.717) is 27.6 Å². The molecule has 6 heteroatoms. The predicted molar refractivity (Wildman–Crippen MR) is 135 cm³/mol. The van der Waals surface area contributed by atoms with Crippen molar-refractivity contribution >= 4 is 23.2 Å². The van der Waals surface area contributed by atoms with Crippen LogP contribution in [0.4, 0.5) is 5.69 Å². The average molecular weight is 472 g/mol. The van der Waals surface area contributed by atoms with E-state index in [1.807, 2.05) is 36.4 Å². The third-order valence-electron chi connectivity index (χ3n) is 6.58. The molecule has 1 amide bonds. The van der Waals surface area contributed by atoms with E-state index in [-0.39, 0.29) is 11.9 Å². The summed E-state index contributed by atoms with van der Waals surface area (Å²) in [5.74, 6) is 0.185. The highest BCUT2D eigenvalue weighted by molar-refractivity contribution is 6.33. The molecule has 1 N–H and O–H groups in total. The molecule has 5 rings (SSSR count). The van der Waals surface area contributed by atoms with Gasteiger partial charge in [-0.3, -0.25) is 9.69 Å². The molecule has 0 saturated carbocycles. The van der Waals surface area contributed by atoms with Crippen LogP contribution >= 0.6 is 11.6 Å². The number of anilines is 1. The Hall–Kier alpha value is -3.41. The minimum atomic E-state index is -0.265. The Morgan fingerprint density at radius 1 is 1.09 bits per heavy atom. The first-order valence-electron chi connectivity index (χ1n) is 11.4. The van der Waals surface area contributed by atoms with Gasteiger partial charge in [0, 0.05) is 23.8 Å². The number of fused-ring (bicyclic) bond motifs is 1. The fraction of sp³-hybridized carbons (Fsp3) is 0.214. The van der Waals surface area contributed by atoms with Gasteiger partial charge in [0.2, 0.25) is 0 Å². The Morgan fingerprint density at radius 2 is 1.82 bits per heavy atom. The van der Waals surface area contributed by atoms with Crippen LogP contribution in [0.15, 0.2) is 77.3 Å². The molecule has 0 fully saturated rings. The van der Waals surface area contributed by atoms with E-state index in [0.717, 1.165) is 30.6 Å². The second-order valence-electron chi connectivity index (χ2n) is 8.70. The average Bonchev–Trinajstić information content (AvgIpc) is 3.23. The number of likely N-dealkylation sites (N-methyl/N-ethyl adjacent to an activating group) is 1. The molecule has 1 atom stereocenters. The van der Waals surface area contributed by atoms with E-state index in [2.05, 4.69) is 52.8 Å². The van der Waals surface area contributed by atoms with Crippen LogP contribution in [-0.2, 0) is 12.8 Å². The highest BCUT2D eigenvalue weighted by Crippen LogP contribution is 2.34. The Kier molecular flexibility index (Phi) is 6.22. The van der Waals surface area contributed by atoms with Gasteiger partial charge in [-0.1, -0.05) is 77.4 Å². The molecule has 0 saturated heterocycles. The number of carbonyl (C=O) groups is 1.